The molecule has 1 aliphatic heterocycles. The van der Waals surface area contributed by atoms with Crippen LogP contribution in [0.25, 0.3) is 0 Å². The van der Waals surface area contributed by atoms with Gasteiger partial charge in [-0.25, -0.2) is 0 Å². The number of nitrogens with zero attached hydrogens (tertiary/aromatic N) is 3. The maximum atomic E-state index is 10.9. The Balaban J connectivity index is 2.24. The smallest absolute Gasteiger partial charge is 0.269 e. The summed E-state index contributed by atoms with van der Waals surface area (Å²) in [5, 5.41) is 11.2. The molecular formula is C11H17N5O. The third-order valence-corrected chi connectivity index (χ3v) is 2.98. The number of carbonyl (C=O) groups excluding carboxylic acids is 1. The summed E-state index contributed by atoms with van der Waals surface area (Å²) in [6.07, 6.45) is 0. The fourth-order valence-corrected chi connectivity index (χ4v) is 2.01. The van der Waals surface area contributed by atoms with E-state index in [0.29, 0.717) is 0 Å². The normalized spacial score (nSPS) is 19.1. The molecule has 1 aliphatic rings. The molecule has 3 N–H and O–H groups in total. The Morgan fingerprint density at radius 1 is 1.47 bits per heavy atom. The van der Waals surface area contributed by atoms with Crippen LogP contribution < -0.4 is 16.0 Å². The molecule has 6 nitrogen and oxygen atoms in total. The number of nitrogens with two attached hydrogens (primary N) is 1. The minimum atomic E-state index is -0.552. The van der Waals surface area contributed by atoms with Gasteiger partial charge in [0.1, 0.15) is 0 Å². The number of carbonyl (C=O) groups is 1. The van der Waals surface area contributed by atoms with Crippen LogP contribution in [-0.2, 0) is 0 Å². The Hall–Kier alpha value is -1.69. The van der Waals surface area contributed by atoms with Gasteiger partial charge in [0.05, 0.1) is 0 Å². The van der Waals surface area contributed by atoms with Crippen molar-refractivity contribution in [1.29, 1.82) is 0 Å². The molecule has 0 unspecified atom stereocenters. The molecule has 17 heavy (non-hydrogen) atoms. The van der Waals surface area contributed by atoms with E-state index in [2.05, 4.69) is 34.3 Å². The fourth-order valence-electron chi connectivity index (χ4n) is 2.01. The average molecular weight is 235 g/mol. The van der Waals surface area contributed by atoms with Gasteiger partial charge in [-0.3, -0.25) is 4.79 Å². The first-order valence-electron chi connectivity index (χ1n) is 5.62. The second-order valence-electron chi connectivity index (χ2n) is 4.78. The highest BCUT2D eigenvalue weighted by Crippen LogP contribution is 2.22. The van der Waals surface area contributed by atoms with Gasteiger partial charge in [0.2, 0.25) is 0 Å². The van der Waals surface area contributed by atoms with Crippen molar-refractivity contribution < 1.29 is 4.79 Å². The van der Waals surface area contributed by atoms with Gasteiger partial charge in [0.15, 0.2) is 11.5 Å². The monoisotopic (exact) mass is 235 g/mol. The topological polar surface area (TPSA) is 84.1 Å². The van der Waals surface area contributed by atoms with E-state index in [9.17, 15) is 4.79 Å². The Morgan fingerprint density at radius 2 is 2.24 bits per heavy atom. The lowest BCUT2D eigenvalue weighted by molar-refractivity contribution is 0.0994. The van der Waals surface area contributed by atoms with Crippen LogP contribution in [0.5, 0.6) is 0 Å². The molecule has 1 fully saturated rings. The maximum Gasteiger partial charge on any atom is 0.269 e. The van der Waals surface area contributed by atoms with E-state index in [4.69, 9.17) is 5.73 Å². The van der Waals surface area contributed by atoms with Gasteiger partial charge in [0.25, 0.3) is 5.91 Å². The number of hydrogen-bond acceptors (Lipinski definition) is 5. The Labute approximate surface area is 100 Å². The van der Waals surface area contributed by atoms with Crippen molar-refractivity contribution in [3.8, 4) is 0 Å². The van der Waals surface area contributed by atoms with E-state index in [-0.39, 0.29) is 11.2 Å². The molecule has 1 saturated heterocycles. The van der Waals surface area contributed by atoms with Crippen molar-refractivity contribution in [2.45, 2.75) is 19.4 Å². The van der Waals surface area contributed by atoms with Crippen molar-refractivity contribution in [2.75, 3.05) is 24.5 Å². The molecule has 2 rings (SSSR count). The summed E-state index contributed by atoms with van der Waals surface area (Å²) in [4.78, 5) is 13.1. The van der Waals surface area contributed by atoms with E-state index in [1.165, 1.54) is 0 Å². The molecule has 92 valence electrons. The second kappa shape index (κ2) is 4.29. The summed E-state index contributed by atoms with van der Waals surface area (Å²) in [5.74, 6) is 0.227. The van der Waals surface area contributed by atoms with Gasteiger partial charge in [-0.15, -0.1) is 10.2 Å². The zero-order chi connectivity index (χ0) is 12.5. The van der Waals surface area contributed by atoms with Crippen molar-refractivity contribution >= 4 is 11.7 Å². The Kier molecular flexibility index (Phi) is 2.97. The van der Waals surface area contributed by atoms with Crippen LogP contribution in [0, 0.1) is 0 Å². The molecular weight excluding hydrogens is 218 g/mol. The first-order chi connectivity index (χ1) is 8.00. The quantitative estimate of drug-likeness (QED) is 0.739. The number of nitrogens with one attached hydrogen (secondary N) is 1. The van der Waals surface area contributed by atoms with Crippen LogP contribution in [0.3, 0.4) is 0 Å². The summed E-state index contributed by atoms with van der Waals surface area (Å²) in [7, 11) is 0. The molecule has 0 aromatic carbocycles. The molecule has 0 aliphatic carbocycles. The third-order valence-electron chi connectivity index (χ3n) is 2.98. The SMILES string of the molecule is CC1(C)CNCCN1c1ccc(C(N)=O)nn1. The van der Waals surface area contributed by atoms with Gasteiger partial charge >= 0.3 is 0 Å². The van der Waals surface area contributed by atoms with Gasteiger partial charge in [-0.05, 0) is 26.0 Å². The average Bonchev–Trinajstić information content (AvgIpc) is 2.28. The number of hydrogen-bond donors (Lipinski definition) is 2. The van der Waals surface area contributed by atoms with Crippen molar-refractivity contribution in [3.05, 3.63) is 17.8 Å². The lowest BCUT2D eigenvalue weighted by atomic mass is 10.0. The van der Waals surface area contributed by atoms with Gasteiger partial charge < -0.3 is 16.0 Å². The van der Waals surface area contributed by atoms with Gasteiger partial charge in [-0.1, -0.05) is 0 Å². The summed E-state index contributed by atoms with van der Waals surface area (Å²) in [6, 6.07) is 3.41. The van der Waals surface area contributed by atoms with Crippen LogP contribution in [-0.4, -0.2) is 41.3 Å². The molecule has 2 heterocycles. The molecule has 0 radical (unpaired) electrons. The summed E-state index contributed by atoms with van der Waals surface area (Å²) < 4.78 is 0. The van der Waals surface area contributed by atoms with Crippen LogP contribution >= 0.6 is 0 Å². The molecule has 0 atom stereocenters. The Morgan fingerprint density at radius 3 is 2.76 bits per heavy atom. The van der Waals surface area contributed by atoms with E-state index < -0.39 is 5.91 Å². The predicted octanol–water partition coefficient (Wildman–Crippen LogP) is -0.236. The first kappa shape index (κ1) is 11.8. The number of aromatic nitrogens is 2. The molecule has 6 heteroatoms. The van der Waals surface area contributed by atoms with E-state index in [1.807, 2.05) is 0 Å². The van der Waals surface area contributed by atoms with Crippen LogP contribution in [0.2, 0.25) is 0 Å². The minimum Gasteiger partial charge on any atom is -0.364 e. The van der Waals surface area contributed by atoms with Crippen LogP contribution in [0.15, 0.2) is 12.1 Å². The van der Waals surface area contributed by atoms with Gasteiger partial charge in [0, 0.05) is 25.2 Å². The number of amides is 1. The molecule has 1 amide bonds. The number of rotatable bonds is 2. The minimum absolute atomic E-state index is 0.0127. The zero-order valence-corrected chi connectivity index (χ0v) is 10.1. The van der Waals surface area contributed by atoms with E-state index in [0.717, 1.165) is 25.5 Å². The lowest BCUT2D eigenvalue weighted by Gasteiger charge is -2.43. The predicted molar refractivity (Wildman–Crippen MR) is 64.8 cm³/mol. The van der Waals surface area contributed by atoms with Gasteiger partial charge in [-0.2, -0.15) is 0 Å². The highest BCUT2D eigenvalue weighted by Gasteiger charge is 2.30. The molecule has 0 spiro atoms. The highest BCUT2D eigenvalue weighted by atomic mass is 16.1. The highest BCUT2D eigenvalue weighted by molar-refractivity contribution is 5.90. The summed E-state index contributed by atoms with van der Waals surface area (Å²) in [5.41, 5.74) is 5.31. The molecule has 0 bridgehead atoms. The number of piperazine rings is 1. The molecule has 0 saturated carbocycles. The second-order valence-corrected chi connectivity index (χ2v) is 4.78. The van der Waals surface area contributed by atoms with Crippen molar-refractivity contribution in [1.82, 2.24) is 15.5 Å². The van der Waals surface area contributed by atoms with Crippen LogP contribution in [0.4, 0.5) is 5.82 Å². The lowest BCUT2D eigenvalue weighted by Crippen LogP contribution is -2.58. The third kappa shape index (κ3) is 2.36. The number of primary amides is 1. The maximum absolute atomic E-state index is 10.9. The van der Waals surface area contributed by atoms with Crippen LogP contribution in [0.1, 0.15) is 24.3 Å². The molecule has 1 aromatic rings. The summed E-state index contributed by atoms with van der Waals surface area (Å²) in [6.45, 7) is 6.97. The van der Waals surface area contributed by atoms with E-state index >= 15 is 0 Å². The fraction of sp³-hybridized carbons (Fsp3) is 0.545. The largest absolute Gasteiger partial charge is 0.364 e. The van der Waals surface area contributed by atoms with Crippen molar-refractivity contribution in [3.63, 3.8) is 0 Å². The number of anilines is 1. The standard InChI is InChI=1S/C11H17N5O/c1-11(2)7-13-5-6-16(11)9-4-3-8(10(12)17)14-15-9/h3-4,13H,5-7H2,1-2H3,(H2,12,17). The Bertz CT molecular complexity index is 414. The van der Waals surface area contributed by atoms with E-state index in [1.54, 1.807) is 12.1 Å². The zero-order valence-electron chi connectivity index (χ0n) is 10.1. The first-order valence-corrected chi connectivity index (χ1v) is 5.62. The van der Waals surface area contributed by atoms with Crippen molar-refractivity contribution in [2.24, 2.45) is 5.73 Å². The molecule has 1 aromatic heterocycles. The summed E-state index contributed by atoms with van der Waals surface area (Å²) >= 11 is 0.